The van der Waals surface area contributed by atoms with E-state index < -0.39 is 5.97 Å². The Morgan fingerprint density at radius 3 is 2.50 bits per heavy atom. The Kier molecular flexibility index (Phi) is 7.30. The van der Waals surface area contributed by atoms with Gasteiger partial charge in [-0.25, -0.2) is 0 Å². The Balaban J connectivity index is 2.15. The van der Waals surface area contributed by atoms with Gasteiger partial charge in [0.25, 0.3) is 5.91 Å². The summed E-state index contributed by atoms with van der Waals surface area (Å²) in [6.45, 7) is 4.70. The van der Waals surface area contributed by atoms with Crippen LogP contribution in [0.5, 0.6) is 11.5 Å². The summed E-state index contributed by atoms with van der Waals surface area (Å²) in [5, 5.41) is 8.93. The van der Waals surface area contributed by atoms with Gasteiger partial charge in [0.05, 0.1) is 19.6 Å². The molecule has 144 valence electrons. The lowest BCUT2D eigenvalue weighted by Gasteiger charge is -2.24. The zero-order valence-electron chi connectivity index (χ0n) is 15.9. The van der Waals surface area contributed by atoms with Crippen LogP contribution in [0, 0.1) is 5.92 Å². The Hall–Kier alpha value is -2.24. The van der Waals surface area contributed by atoms with Crippen LogP contribution in [-0.4, -0.2) is 48.2 Å². The number of ether oxygens (including phenoxy) is 2. The normalized spacial score (nSPS) is 14.5. The summed E-state index contributed by atoms with van der Waals surface area (Å²) in [7, 11) is 1.56. The molecule has 0 radical (unpaired) electrons. The van der Waals surface area contributed by atoms with Crippen molar-refractivity contribution < 1.29 is 24.2 Å². The smallest absolute Gasteiger partial charge is 0.305 e. The second kappa shape index (κ2) is 9.46. The molecule has 0 saturated heterocycles. The van der Waals surface area contributed by atoms with Crippen LogP contribution < -0.4 is 9.47 Å². The van der Waals surface area contributed by atoms with Gasteiger partial charge in [-0.15, -0.1) is 0 Å². The van der Waals surface area contributed by atoms with Crippen LogP contribution in [0.4, 0.5) is 0 Å². The first kappa shape index (κ1) is 20.1. The van der Waals surface area contributed by atoms with Gasteiger partial charge in [0, 0.05) is 18.7 Å². The number of carboxylic acids is 1. The minimum absolute atomic E-state index is 0.0710. The Labute approximate surface area is 155 Å². The van der Waals surface area contributed by atoms with E-state index in [1.807, 2.05) is 13.8 Å². The molecule has 6 nitrogen and oxygen atoms in total. The van der Waals surface area contributed by atoms with Gasteiger partial charge in [0.15, 0.2) is 11.5 Å². The summed E-state index contributed by atoms with van der Waals surface area (Å²) in [6.07, 6.45) is 4.58. The Morgan fingerprint density at radius 2 is 1.92 bits per heavy atom. The van der Waals surface area contributed by atoms with E-state index in [9.17, 15) is 9.59 Å². The largest absolute Gasteiger partial charge is 0.493 e. The van der Waals surface area contributed by atoms with E-state index in [2.05, 4.69) is 0 Å². The minimum atomic E-state index is -0.913. The third kappa shape index (κ3) is 5.64. The molecule has 0 heterocycles. The molecule has 0 atom stereocenters. The molecule has 1 saturated carbocycles. The second-order valence-electron chi connectivity index (χ2n) is 7.18. The monoisotopic (exact) mass is 363 g/mol. The number of carbonyl (C=O) groups is 2. The van der Waals surface area contributed by atoms with Gasteiger partial charge < -0.3 is 19.5 Å². The summed E-state index contributed by atoms with van der Waals surface area (Å²) < 4.78 is 11.4. The van der Waals surface area contributed by atoms with Crippen LogP contribution >= 0.6 is 0 Å². The third-order valence-corrected chi connectivity index (χ3v) is 4.47. The van der Waals surface area contributed by atoms with Crippen molar-refractivity contribution in [1.29, 1.82) is 0 Å². The number of hydrogen-bond donors (Lipinski definition) is 1. The van der Waals surface area contributed by atoms with Gasteiger partial charge in [-0.05, 0) is 49.8 Å². The first-order chi connectivity index (χ1) is 12.4. The van der Waals surface area contributed by atoms with E-state index >= 15 is 0 Å². The number of aliphatic carboxylic acids is 1. The van der Waals surface area contributed by atoms with Gasteiger partial charge >= 0.3 is 5.97 Å². The van der Waals surface area contributed by atoms with Crippen molar-refractivity contribution in [3.8, 4) is 11.5 Å². The van der Waals surface area contributed by atoms with Crippen molar-refractivity contribution in [3.63, 3.8) is 0 Å². The standard InChI is InChI=1S/C20H29NO5/c1-14(2)13-21(11-10-19(22)23)20(24)15-8-9-17(18(12-15)25-3)26-16-6-4-5-7-16/h8-9,12,14,16H,4-7,10-11,13H2,1-3H3,(H,22,23). The van der Waals surface area contributed by atoms with E-state index in [1.165, 1.54) is 12.8 Å². The fourth-order valence-electron chi connectivity index (χ4n) is 3.21. The number of nitrogens with zero attached hydrogens (tertiary/aromatic N) is 1. The van der Waals surface area contributed by atoms with Crippen LogP contribution in [-0.2, 0) is 4.79 Å². The molecule has 0 aliphatic heterocycles. The van der Waals surface area contributed by atoms with Gasteiger partial charge in [-0.2, -0.15) is 0 Å². The average molecular weight is 363 g/mol. The first-order valence-corrected chi connectivity index (χ1v) is 9.26. The van der Waals surface area contributed by atoms with Crippen LogP contribution in [0.25, 0.3) is 0 Å². The number of carboxylic acid groups (broad SMARTS) is 1. The van der Waals surface area contributed by atoms with Gasteiger partial charge in [-0.1, -0.05) is 13.8 Å². The van der Waals surface area contributed by atoms with Crippen molar-refractivity contribution in [2.75, 3.05) is 20.2 Å². The predicted octanol–water partition coefficient (Wildman–Crippen LogP) is 3.59. The van der Waals surface area contributed by atoms with Crippen LogP contribution in [0.15, 0.2) is 18.2 Å². The van der Waals surface area contributed by atoms with Crippen LogP contribution in [0.2, 0.25) is 0 Å². The Bertz CT molecular complexity index is 623. The van der Waals surface area contributed by atoms with Crippen molar-refractivity contribution in [1.82, 2.24) is 4.90 Å². The zero-order valence-corrected chi connectivity index (χ0v) is 15.9. The average Bonchev–Trinajstić information content (AvgIpc) is 3.11. The quantitative estimate of drug-likeness (QED) is 0.725. The van der Waals surface area contributed by atoms with E-state index in [1.54, 1.807) is 30.2 Å². The van der Waals surface area contributed by atoms with Gasteiger partial charge in [0.2, 0.25) is 0 Å². The molecular weight excluding hydrogens is 334 g/mol. The Morgan fingerprint density at radius 1 is 1.23 bits per heavy atom. The maximum Gasteiger partial charge on any atom is 0.305 e. The van der Waals surface area contributed by atoms with E-state index in [-0.39, 0.29) is 30.9 Å². The number of carbonyl (C=O) groups excluding carboxylic acids is 1. The number of methoxy groups -OCH3 is 1. The highest BCUT2D eigenvalue weighted by Gasteiger charge is 2.22. The lowest BCUT2D eigenvalue weighted by atomic mass is 10.1. The highest BCUT2D eigenvalue weighted by molar-refractivity contribution is 5.95. The van der Waals surface area contributed by atoms with E-state index in [0.29, 0.717) is 23.6 Å². The first-order valence-electron chi connectivity index (χ1n) is 9.26. The minimum Gasteiger partial charge on any atom is -0.493 e. The molecule has 6 heteroatoms. The molecule has 26 heavy (non-hydrogen) atoms. The summed E-state index contributed by atoms with van der Waals surface area (Å²) >= 11 is 0. The van der Waals surface area contributed by atoms with Crippen molar-refractivity contribution >= 4 is 11.9 Å². The van der Waals surface area contributed by atoms with E-state index in [4.69, 9.17) is 14.6 Å². The summed E-state index contributed by atoms with van der Waals surface area (Å²) in [4.78, 5) is 25.3. The molecule has 0 aromatic heterocycles. The number of benzene rings is 1. The van der Waals surface area contributed by atoms with Crippen molar-refractivity contribution in [2.45, 2.75) is 52.1 Å². The maximum absolute atomic E-state index is 12.9. The van der Waals surface area contributed by atoms with E-state index in [0.717, 1.165) is 12.8 Å². The molecule has 1 N–H and O–H groups in total. The molecule has 0 spiro atoms. The molecular formula is C20H29NO5. The van der Waals surface area contributed by atoms with Crippen LogP contribution in [0.3, 0.4) is 0 Å². The second-order valence-corrected chi connectivity index (χ2v) is 7.18. The SMILES string of the molecule is COc1cc(C(=O)N(CCC(=O)O)CC(C)C)ccc1OC1CCCC1. The number of hydrogen-bond acceptors (Lipinski definition) is 4. The fourth-order valence-corrected chi connectivity index (χ4v) is 3.21. The molecule has 1 aromatic rings. The highest BCUT2D eigenvalue weighted by Crippen LogP contribution is 2.32. The molecule has 0 unspecified atom stereocenters. The maximum atomic E-state index is 12.9. The van der Waals surface area contributed by atoms with Crippen molar-refractivity contribution in [2.24, 2.45) is 5.92 Å². The zero-order chi connectivity index (χ0) is 19.1. The van der Waals surface area contributed by atoms with Crippen LogP contribution in [0.1, 0.15) is 56.3 Å². The summed E-state index contributed by atoms with van der Waals surface area (Å²) in [6, 6.07) is 5.18. The number of amides is 1. The summed E-state index contributed by atoms with van der Waals surface area (Å²) in [5.74, 6) is 0.331. The molecule has 1 aliphatic rings. The molecule has 1 aromatic carbocycles. The number of rotatable bonds is 9. The van der Waals surface area contributed by atoms with Gasteiger partial charge in [-0.3, -0.25) is 9.59 Å². The van der Waals surface area contributed by atoms with Crippen molar-refractivity contribution in [3.05, 3.63) is 23.8 Å². The predicted molar refractivity (Wildman–Crippen MR) is 98.9 cm³/mol. The molecule has 0 bridgehead atoms. The highest BCUT2D eigenvalue weighted by atomic mass is 16.5. The molecule has 2 rings (SSSR count). The molecule has 1 amide bonds. The molecule has 1 aliphatic carbocycles. The molecule has 1 fully saturated rings. The topological polar surface area (TPSA) is 76.1 Å². The lowest BCUT2D eigenvalue weighted by Crippen LogP contribution is -2.36. The van der Waals surface area contributed by atoms with Gasteiger partial charge in [0.1, 0.15) is 0 Å². The fraction of sp³-hybridized carbons (Fsp3) is 0.600. The lowest BCUT2D eigenvalue weighted by molar-refractivity contribution is -0.137. The third-order valence-electron chi connectivity index (χ3n) is 4.47. The summed E-state index contributed by atoms with van der Waals surface area (Å²) in [5.41, 5.74) is 0.478.